The molecule has 0 N–H and O–H groups in total. The third-order valence-corrected chi connectivity index (χ3v) is 7.27. The van der Waals surface area contributed by atoms with Crippen molar-refractivity contribution >= 4 is 0 Å². The van der Waals surface area contributed by atoms with Crippen molar-refractivity contribution in [2.75, 3.05) is 0 Å². The van der Waals surface area contributed by atoms with Gasteiger partial charge in [-0.05, 0) is 0 Å². The van der Waals surface area contributed by atoms with Crippen LogP contribution in [-0.2, 0) is 17.1 Å². The van der Waals surface area contributed by atoms with E-state index in [-0.39, 0.29) is 17.1 Å². The molecule has 0 aliphatic heterocycles. The Hall–Kier alpha value is 0.623. The second-order valence-corrected chi connectivity index (χ2v) is 9.88. The Morgan fingerprint density at radius 3 is 1.47 bits per heavy atom. The van der Waals surface area contributed by atoms with Crippen molar-refractivity contribution < 1.29 is 17.1 Å². The van der Waals surface area contributed by atoms with Gasteiger partial charge < -0.3 is 0 Å². The minimum absolute atomic E-state index is 0.117. The fraction of sp³-hybridized carbons (Fsp3) is 1.00. The van der Waals surface area contributed by atoms with E-state index in [9.17, 15) is 0 Å². The second kappa shape index (κ2) is 11.1. The van der Waals surface area contributed by atoms with E-state index in [2.05, 4.69) is 27.7 Å². The quantitative estimate of drug-likeness (QED) is 0.358. The first kappa shape index (κ1) is 15.6. The Kier molecular flexibility index (Phi) is 11.6. The molecule has 0 spiro atoms. The number of hydrogen-bond acceptors (Lipinski definition) is 0. The van der Waals surface area contributed by atoms with Crippen LogP contribution in [0.3, 0.4) is 0 Å². The molecule has 0 bridgehead atoms. The first-order valence-electron chi connectivity index (χ1n) is 7.20. The Morgan fingerprint density at radius 1 is 0.733 bits per heavy atom. The van der Waals surface area contributed by atoms with Crippen molar-refractivity contribution in [3.63, 3.8) is 0 Å². The van der Waals surface area contributed by atoms with E-state index in [1.807, 2.05) is 0 Å². The SMILES string of the molecule is CCCC(C)C[CH2][Zn][CH2]CC(C)CCC. The van der Waals surface area contributed by atoms with Crippen LogP contribution in [0.1, 0.15) is 66.2 Å². The van der Waals surface area contributed by atoms with Gasteiger partial charge in [-0.2, -0.15) is 0 Å². The van der Waals surface area contributed by atoms with Crippen LogP contribution in [0.4, 0.5) is 0 Å². The molecule has 1 heteroatoms. The van der Waals surface area contributed by atoms with Crippen molar-refractivity contribution in [1.29, 1.82) is 0 Å². The zero-order chi connectivity index (χ0) is 11.5. The standard InChI is InChI=1S/2C7H15.Zn/c2*1-4-6-7(3)5-2;/h2*7H,2,4-6H2,1,3H3;. The molecule has 15 heavy (non-hydrogen) atoms. The van der Waals surface area contributed by atoms with Crippen molar-refractivity contribution in [2.24, 2.45) is 11.8 Å². The molecular formula is C14H30Zn. The number of hydrogen-bond donors (Lipinski definition) is 0. The van der Waals surface area contributed by atoms with Crippen LogP contribution in [0.15, 0.2) is 0 Å². The van der Waals surface area contributed by atoms with Crippen molar-refractivity contribution in [3.05, 3.63) is 0 Å². The molecule has 0 heterocycles. The van der Waals surface area contributed by atoms with Gasteiger partial charge >= 0.3 is 105 Å². The van der Waals surface area contributed by atoms with Gasteiger partial charge in [-0.1, -0.05) is 0 Å². The van der Waals surface area contributed by atoms with E-state index >= 15 is 0 Å². The van der Waals surface area contributed by atoms with Gasteiger partial charge in [-0.25, -0.2) is 0 Å². The normalized spacial score (nSPS) is 14.7. The topological polar surface area (TPSA) is 0 Å². The van der Waals surface area contributed by atoms with E-state index in [4.69, 9.17) is 0 Å². The van der Waals surface area contributed by atoms with Crippen LogP contribution in [0.2, 0.25) is 10.0 Å². The molecular weight excluding hydrogens is 234 g/mol. The fourth-order valence-electron chi connectivity index (χ4n) is 2.44. The molecule has 2 atom stereocenters. The van der Waals surface area contributed by atoms with Gasteiger partial charge in [-0.15, -0.1) is 0 Å². The molecule has 0 amide bonds. The fourth-order valence-corrected chi connectivity index (χ4v) is 7.31. The Morgan fingerprint density at radius 2 is 1.13 bits per heavy atom. The molecule has 0 fully saturated rings. The summed E-state index contributed by atoms with van der Waals surface area (Å²) in [6.45, 7) is 9.49. The molecule has 0 aliphatic carbocycles. The van der Waals surface area contributed by atoms with E-state index in [1.165, 1.54) is 38.5 Å². The average molecular weight is 264 g/mol. The summed E-state index contributed by atoms with van der Waals surface area (Å²) < 4.78 is 0. The molecule has 0 aromatic rings. The summed E-state index contributed by atoms with van der Waals surface area (Å²) in [4.78, 5) is 0. The van der Waals surface area contributed by atoms with E-state index in [1.54, 1.807) is 10.0 Å². The van der Waals surface area contributed by atoms with Crippen LogP contribution in [0.5, 0.6) is 0 Å². The van der Waals surface area contributed by atoms with Gasteiger partial charge in [-0.3, -0.25) is 0 Å². The predicted octanol–water partition coefficient (Wildman–Crippen LogP) is 5.56. The maximum absolute atomic E-state index is 2.44. The van der Waals surface area contributed by atoms with Crippen LogP contribution in [-0.4, -0.2) is 0 Å². The summed E-state index contributed by atoms with van der Waals surface area (Å²) in [5.41, 5.74) is 0. The first-order valence-corrected chi connectivity index (χ1v) is 11.4. The summed E-state index contributed by atoms with van der Waals surface area (Å²) in [6, 6.07) is 0. The Labute approximate surface area is 105 Å². The summed E-state index contributed by atoms with van der Waals surface area (Å²) in [6.07, 6.45) is 8.73. The van der Waals surface area contributed by atoms with E-state index < -0.39 is 0 Å². The monoisotopic (exact) mass is 262 g/mol. The number of rotatable bonds is 10. The first-order chi connectivity index (χ1) is 7.20. The van der Waals surface area contributed by atoms with E-state index in [0.29, 0.717) is 0 Å². The van der Waals surface area contributed by atoms with Crippen LogP contribution < -0.4 is 0 Å². The summed E-state index contributed by atoms with van der Waals surface area (Å²) >= 11 is -0.117. The zero-order valence-electron chi connectivity index (χ0n) is 11.5. The molecule has 0 nitrogen and oxygen atoms in total. The molecule has 0 aromatic heterocycles. The molecule has 0 radical (unpaired) electrons. The van der Waals surface area contributed by atoms with Gasteiger partial charge in [0.1, 0.15) is 0 Å². The zero-order valence-corrected chi connectivity index (χ0v) is 14.5. The van der Waals surface area contributed by atoms with Crippen LogP contribution in [0, 0.1) is 11.8 Å². The van der Waals surface area contributed by atoms with Crippen molar-refractivity contribution in [3.8, 4) is 0 Å². The molecule has 0 saturated carbocycles. The van der Waals surface area contributed by atoms with Crippen molar-refractivity contribution in [2.45, 2.75) is 76.3 Å². The Balaban J connectivity index is 3.17. The maximum atomic E-state index is 2.44. The molecule has 0 aromatic carbocycles. The van der Waals surface area contributed by atoms with Gasteiger partial charge in [0, 0.05) is 0 Å². The molecule has 0 aliphatic rings. The Bertz CT molecular complexity index is 109. The predicted molar refractivity (Wildman–Crippen MR) is 67.0 cm³/mol. The molecule has 88 valence electrons. The minimum atomic E-state index is -0.117. The van der Waals surface area contributed by atoms with Gasteiger partial charge in [0.2, 0.25) is 0 Å². The van der Waals surface area contributed by atoms with Gasteiger partial charge in [0.15, 0.2) is 0 Å². The third kappa shape index (κ3) is 10.9. The van der Waals surface area contributed by atoms with Crippen molar-refractivity contribution in [1.82, 2.24) is 0 Å². The van der Waals surface area contributed by atoms with Crippen LogP contribution >= 0.6 is 0 Å². The summed E-state index contributed by atoms with van der Waals surface area (Å²) in [5, 5.41) is 3.29. The van der Waals surface area contributed by atoms with Crippen LogP contribution in [0.25, 0.3) is 0 Å². The van der Waals surface area contributed by atoms with E-state index in [0.717, 1.165) is 11.8 Å². The molecule has 0 saturated heterocycles. The second-order valence-electron chi connectivity index (χ2n) is 5.43. The third-order valence-electron chi connectivity index (χ3n) is 3.46. The molecule has 0 rings (SSSR count). The van der Waals surface area contributed by atoms with Gasteiger partial charge in [0.25, 0.3) is 0 Å². The average Bonchev–Trinajstić information content (AvgIpc) is 2.18. The summed E-state index contributed by atoms with van der Waals surface area (Å²) in [5.74, 6) is 2.02. The summed E-state index contributed by atoms with van der Waals surface area (Å²) in [7, 11) is 0. The van der Waals surface area contributed by atoms with Gasteiger partial charge in [0.05, 0.1) is 0 Å². The molecule has 2 unspecified atom stereocenters.